The van der Waals surface area contributed by atoms with Crippen LogP contribution in [0.2, 0.25) is 5.02 Å². The van der Waals surface area contributed by atoms with Gasteiger partial charge in [0.15, 0.2) is 0 Å². The maximum absolute atomic E-state index is 12.7. The summed E-state index contributed by atoms with van der Waals surface area (Å²) >= 11 is 6.07. The van der Waals surface area contributed by atoms with Crippen molar-refractivity contribution in [1.29, 1.82) is 0 Å². The van der Waals surface area contributed by atoms with Gasteiger partial charge in [-0.1, -0.05) is 18.5 Å². The van der Waals surface area contributed by atoms with Crippen molar-refractivity contribution in [3.05, 3.63) is 23.2 Å². The minimum absolute atomic E-state index is 0.159. The lowest BCUT2D eigenvalue weighted by Crippen LogP contribution is -2.57. The Morgan fingerprint density at radius 3 is 2.38 bits per heavy atom. The Balaban J connectivity index is 1.47. The maximum Gasteiger partial charge on any atom is 0.319 e. The number of ether oxygens (including phenoxy) is 1. The third-order valence-electron chi connectivity index (χ3n) is 6.95. The van der Waals surface area contributed by atoms with Crippen LogP contribution in [0.3, 0.4) is 0 Å². The number of hydrogen-bond donors (Lipinski definition) is 2. The van der Waals surface area contributed by atoms with Gasteiger partial charge in [-0.05, 0) is 86.3 Å². The van der Waals surface area contributed by atoms with Gasteiger partial charge in [-0.15, -0.1) is 0 Å². The molecule has 0 unspecified atom stereocenters. The number of rotatable bonds is 5. The lowest BCUT2D eigenvalue weighted by Gasteiger charge is -2.59. The van der Waals surface area contributed by atoms with Crippen LogP contribution >= 0.6 is 11.6 Å². The van der Waals surface area contributed by atoms with E-state index in [0.29, 0.717) is 21.9 Å². The summed E-state index contributed by atoms with van der Waals surface area (Å²) in [7, 11) is 1.59. The molecule has 1 aromatic carbocycles. The monoisotopic (exact) mass is 376 g/mol. The molecule has 4 aliphatic rings. The van der Waals surface area contributed by atoms with Crippen molar-refractivity contribution in [1.82, 2.24) is 5.32 Å². The number of halogens is 1. The first-order chi connectivity index (χ1) is 12.5. The SMILES string of the molecule is CC[C@H](NC(=O)Nc1cc(Cl)ccc1OC)C12CC3CC(CC(C3)C1)C2. The van der Waals surface area contributed by atoms with Crippen molar-refractivity contribution in [3.8, 4) is 5.75 Å². The van der Waals surface area contributed by atoms with Crippen LogP contribution in [0.5, 0.6) is 5.75 Å². The topological polar surface area (TPSA) is 50.4 Å². The molecule has 26 heavy (non-hydrogen) atoms. The minimum atomic E-state index is -0.159. The Bertz CT molecular complexity index is 655. The molecule has 142 valence electrons. The first kappa shape index (κ1) is 18.0. The summed E-state index contributed by atoms with van der Waals surface area (Å²) in [6.45, 7) is 2.20. The van der Waals surface area contributed by atoms with Crippen LogP contribution in [0.4, 0.5) is 10.5 Å². The van der Waals surface area contributed by atoms with Gasteiger partial charge in [0.2, 0.25) is 0 Å². The molecule has 4 nitrogen and oxygen atoms in total. The predicted molar refractivity (Wildman–Crippen MR) is 105 cm³/mol. The van der Waals surface area contributed by atoms with Gasteiger partial charge < -0.3 is 15.4 Å². The molecule has 0 saturated heterocycles. The van der Waals surface area contributed by atoms with Crippen LogP contribution in [0.25, 0.3) is 0 Å². The highest BCUT2D eigenvalue weighted by Gasteiger charge is 2.54. The van der Waals surface area contributed by atoms with Gasteiger partial charge >= 0.3 is 6.03 Å². The Kier molecular flexibility index (Phi) is 4.81. The number of benzene rings is 1. The standard InChI is InChI=1S/C21H29ClN2O2/c1-3-19(21-10-13-6-14(11-21)8-15(7-13)12-21)24-20(25)23-17-9-16(22)4-5-18(17)26-2/h4-5,9,13-15,19H,3,6-8,10-12H2,1-2H3,(H2,23,24,25)/t13?,14?,15?,19-,21?/m0/s1. The number of urea groups is 1. The molecule has 5 heteroatoms. The molecule has 2 amide bonds. The predicted octanol–water partition coefficient (Wildman–Crippen LogP) is 5.47. The van der Waals surface area contributed by atoms with Gasteiger partial charge in [-0.3, -0.25) is 0 Å². The number of hydrogen-bond acceptors (Lipinski definition) is 2. The normalized spacial score (nSPS) is 33.0. The summed E-state index contributed by atoms with van der Waals surface area (Å²) in [5.74, 6) is 3.27. The summed E-state index contributed by atoms with van der Waals surface area (Å²) in [4.78, 5) is 12.7. The number of amides is 2. The Morgan fingerprint density at radius 1 is 1.23 bits per heavy atom. The van der Waals surface area contributed by atoms with Crippen molar-refractivity contribution < 1.29 is 9.53 Å². The summed E-state index contributed by atoms with van der Waals surface area (Å²) in [6.07, 6.45) is 9.10. The molecule has 0 aliphatic heterocycles. The molecule has 4 aliphatic carbocycles. The molecule has 4 fully saturated rings. The zero-order chi connectivity index (χ0) is 18.3. The van der Waals surface area contributed by atoms with E-state index in [0.717, 1.165) is 24.2 Å². The van der Waals surface area contributed by atoms with Crippen molar-refractivity contribution in [3.63, 3.8) is 0 Å². The molecule has 0 radical (unpaired) electrons. The van der Waals surface area contributed by atoms with Gasteiger partial charge in [0.25, 0.3) is 0 Å². The first-order valence-corrected chi connectivity index (χ1v) is 10.3. The van der Waals surface area contributed by atoms with Crippen molar-refractivity contribution in [2.24, 2.45) is 23.2 Å². The van der Waals surface area contributed by atoms with E-state index in [4.69, 9.17) is 16.3 Å². The Labute approximate surface area is 161 Å². The van der Waals surface area contributed by atoms with E-state index in [2.05, 4.69) is 17.6 Å². The zero-order valence-corrected chi connectivity index (χ0v) is 16.4. The zero-order valence-electron chi connectivity index (χ0n) is 15.7. The van der Waals surface area contributed by atoms with E-state index in [1.165, 1.54) is 38.5 Å². The molecular formula is C21H29ClN2O2. The fourth-order valence-corrected chi connectivity index (χ4v) is 6.56. The summed E-state index contributed by atoms with van der Waals surface area (Å²) in [5, 5.41) is 6.81. The lowest BCUT2D eigenvalue weighted by atomic mass is 9.47. The van der Waals surface area contributed by atoms with E-state index in [-0.39, 0.29) is 12.1 Å². The molecule has 5 rings (SSSR count). The molecule has 4 bridgehead atoms. The van der Waals surface area contributed by atoms with Crippen LogP contribution in [-0.2, 0) is 0 Å². The number of anilines is 1. The molecule has 2 N–H and O–H groups in total. The average molecular weight is 377 g/mol. The Morgan fingerprint density at radius 2 is 1.85 bits per heavy atom. The van der Waals surface area contributed by atoms with E-state index in [1.807, 2.05) is 0 Å². The maximum atomic E-state index is 12.7. The Hall–Kier alpha value is -1.42. The second-order valence-electron chi connectivity index (χ2n) is 8.68. The van der Waals surface area contributed by atoms with Crippen LogP contribution in [0.1, 0.15) is 51.9 Å². The minimum Gasteiger partial charge on any atom is -0.495 e. The van der Waals surface area contributed by atoms with Gasteiger partial charge in [0, 0.05) is 11.1 Å². The summed E-state index contributed by atoms with van der Waals surface area (Å²) in [5.41, 5.74) is 0.914. The van der Waals surface area contributed by atoms with Gasteiger partial charge in [-0.2, -0.15) is 0 Å². The molecule has 1 atom stereocenters. The largest absolute Gasteiger partial charge is 0.495 e. The third kappa shape index (κ3) is 3.28. The lowest BCUT2D eigenvalue weighted by molar-refractivity contribution is -0.0719. The van der Waals surface area contributed by atoms with E-state index in [1.54, 1.807) is 25.3 Å². The van der Waals surface area contributed by atoms with Gasteiger partial charge in [0.1, 0.15) is 5.75 Å². The quantitative estimate of drug-likeness (QED) is 0.716. The third-order valence-corrected chi connectivity index (χ3v) is 7.18. The number of carbonyl (C=O) groups excluding carboxylic acids is 1. The molecule has 0 aromatic heterocycles. The van der Waals surface area contributed by atoms with E-state index < -0.39 is 0 Å². The molecule has 0 heterocycles. The smallest absolute Gasteiger partial charge is 0.319 e. The number of nitrogens with one attached hydrogen (secondary N) is 2. The van der Waals surface area contributed by atoms with E-state index >= 15 is 0 Å². The van der Waals surface area contributed by atoms with Crippen LogP contribution < -0.4 is 15.4 Å². The highest BCUT2D eigenvalue weighted by Crippen LogP contribution is 2.61. The van der Waals surface area contributed by atoms with Crippen molar-refractivity contribution >= 4 is 23.3 Å². The molecule has 0 spiro atoms. The van der Waals surface area contributed by atoms with Crippen LogP contribution in [0.15, 0.2) is 18.2 Å². The molecular weight excluding hydrogens is 348 g/mol. The summed E-state index contributed by atoms with van der Waals surface area (Å²) < 4.78 is 5.33. The first-order valence-electron chi connectivity index (χ1n) is 9.92. The van der Waals surface area contributed by atoms with Crippen molar-refractivity contribution in [2.75, 3.05) is 12.4 Å². The fraction of sp³-hybridized carbons (Fsp3) is 0.667. The molecule has 1 aromatic rings. The number of carbonyl (C=O) groups is 1. The van der Waals surface area contributed by atoms with Gasteiger partial charge in [-0.25, -0.2) is 4.79 Å². The van der Waals surface area contributed by atoms with E-state index in [9.17, 15) is 4.79 Å². The summed E-state index contributed by atoms with van der Waals surface area (Å²) in [6, 6.07) is 5.34. The van der Waals surface area contributed by atoms with Crippen molar-refractivity contribution in [2.45, 2.75) is 57.9 Å². The number of methoxy groups -OCH3 is 1. The molecule has 4 saturated carbocycles. The highest BCUT2D eigenvalue weighted by molar-refractivity contribution is 6.31. The highest BCUT2D eigenvalue weighted by atomic mass is 35.5. The second-order valence-corrected chi connectivity index (χ2v) is 9.12. The fourth-order valence-electron chi connectivity index (χ4n) is 6.39. The van der Waals surface area contributed by atoms with Crippen LogP contribution in [0, 0.1) is 23.2 Å². The second kappa shape index (κ2) is 6.95. The van der Waals surface area contributed by atoms with Crippen LogP contribution in [-0.4, -0.2) is 19.2 Å². The van der Waals surface area contributed by atoms with Gasteiger partial charge in [0.05, 0.1) is 12.8 Å². The average Bonchev–Trinajstić information content (AvgIpc) is 2.58.